The van der Waals surface area contributed by atoms with Gasteiger partial charge in [0.2, 0.25) is 17.7 Å². The van der Waals surface area contributed by atoms with E-state index >= 15 is 0 Å². The normalized spacial score (nSPS) is 16.1. The van der Waals surface area contributed by atoms with Gasteiger partial charge < -0.3 is 15.5 Å². The number of amides is 3. The van der Waals surface area contributed by atoms with Crippen LogP contribution in [0.25, 0.3) is 0 Å². The topological polar surface area (TPSA) is 78.5 Å². The molecule has 0 bridgehead atoms. The third kappa shape index (κ3) is 4.62. The van der Waals surface area contributed by atoms with Gasteiger partial charge in [-0.15, -0.1) is 0 Å². The first-order valence-electron chi connectivity index (χ1n) is 9.46. The summed E-state index contributed by atoms with van der Waals surface area (Å²) in [7, 11) is 0. The molecule has 0 aromatic heterocycles. The number of carbonyl (C=O) groups excluding carboxylic acids is 3. The van der Waals surface area contributed by atoms with E-state index in [9.17, 15) is 18.8 Å². The quantitative estimate of drug-likeness (QED) is 0.814. The first-order chi connectivity index (χ1) is 13.8. The second-order valence-corrected chi connectivity index (χ2v) is 7.40. The van der Waals surface area contributed by atoms with Crippen molar-refractivity contribution in [2.45, 2.75) is 27.2 Å². The van der Waals surface area contributed by atoms with Crippen molar-refractivity contribution in [1.82, 2.24) is 5.32 Å². The molecular formula is C22H24FN3O3. The second kappa shape index (κ2) is 8.43. The molecule has 0 aliphatic carbocycles. The van der Waals surface area contributed by atoms with Crippen LogP contribution in [0.3, 0.4) is 0 Å². The number of benzene rings is 2. The Kier molecular flexibility index (Phi) is 5.96. The fourth-order valence-electron chi connectivity index (χ4n) is 3.66. The number of hydrogen-bond acceptors (Lipinski definition) is 3. The minimum absolute atomic E-state index is 0.0159. The van der Waals surface area contributed by atoms with E-state index in [2.05, 4.69) is 10.6 Å². The Morgan fingerprint density at radius 3 is 2.45 bits per heavy atom. The molecule has 3 rings (SSSR count). The van der Waals surface area contributed by atoms with E-state index < -0.39 is 17.6 Å². The Labute approximate surface area is 169 Å². The van der Waals surface area contributed by atoms with Gasteiger partial charge in [0, 0.05) is 18.7 Å². The molecule has 1 saturated heterocycles. The standard InChI is InChI=1S/C22H24FN3O3/c1-13-8-14(2)21(15(3)9-13)25-19(27)11-24-22(29)16-10-20(28)26(12-16)18-7-5-4-6-17(18)23/h4-9,16H,10-12H2,1-3H3,(H,24,29)(H,25,27)/t16-/m0/s1. The molecule has 2 N–H and O–H groups in total. The van der Waals surface area contributed by atoms with Gasteiger partial charge in [-0.05, 0) is 44.0 Å². The van der Waals surface area contributed by atoms with Crippen molar-refractivity contribution in [1.29, 1.82) is 0 Å². The van der Waals surface area contributed by atoms with Crippen molar-refractivity contribution in [2.75, 3.05) is 23.3 Å². The van der Waals surface area contributed by atoms with Crippen LogP contribution in [0.15, 0.2) is 36.4 Å². The maximum absolute atomic E-state index is 13.9. The van der Waals surface area contributed by atoms with Crippen molar-refractivity contribution in [2.24, 2.45) is 5.92 Å². The van der Waals surface area contributed by atoms with Gasteiger partial charge in [-0.3, -0.25) is 14.4 Å². The van der Waals surface area contributed by atoms with Crippen molar-refractivity contribution >= 4 is 29.1 Å². The van der Waals surface area contributed by atoms with E-state index in [0.29, 0.717) is 0 Å². The summed E-state index contributed by atoms with van der Waals surface area (Å²) in [4.78, 5) is 38.2. The number of rotatable bonds is 5. The van der Waals surface area contributed by atoms with Gasteiger partial charge >= 0.3 is 0 Å². The third-order valence-electron chi connectivity index (χ3n) is 5.00. The van der Waals surface area contributed by atoms with Crippen LogP contribution in [0.1, 0.15) is 23.1 Å². The van der Waals surface area contributed by atoms with Gasteiger partial charge in [0.25, 0.3) is 0 Å². The summed E-state index contributed by atoms with van der Waals surface area (Å²) in [5, 5.41) is 5.40. The van der Waals surface area contributed by atoms with E-state index in [1.165, 1.54) is 17.0 Å². The molecule has 1 atom stereocenters. The van der Waals surface area contributed by atoms with Crippen LogP contribution in [0.4, 0.5) is 15.8 Å². The first kappa shape index (κ1) is 20.5. The molecule has 7 heteroatoms. The molecule has 1 aliphatic rings. The van der Waals surface area contributed by atoms with Crippen LogP contribution in [-0.2, 0) is 14.4 Å². The lowest BCUT2D eigenvalue weighted by molar-refractivity contribution is -0.127. The smallest absolute Gasteiger partial charge is 0.243 e. The number of aryl methyl sites for hydroxylation is 3. The Hall–Kier alpha value is -3.22. The molecule has 152 valence electrons. The monoisotopic (exact) mass is 397 g/mol. The highest BCUT2D eigenvalue weighted by Gasteiger charge is 2.36. The number of nitrogens with zero attached hydrogens (tertiary/aromatic N) is 1. The molecule has 2 aromatic rings. The molecule has 0 radical (unpaired) electrons. The van der Waals surface area contributed by atoms with Gasteiger partial charge in [-0.1, -0.05) is 29.8 Å². The van der Waals surface area contributed by atoms with Crippen LogP contribution < -0.4 is 15.5 Å². The second-order valence-electron chi connectivity index (χ2n) is 7.40. The highest BCUT2D eigenvalue weighted by atomic mass is 19.1. The highest BCUT2D eigenvalue weighted by molar-refractivity contribution is 6.01. The van der Waals surface area contributed by atoms with Crippen molar-refractivity contribution in [3.8, 4) is 0 Å². The Balaban J connectivity index is 1.57. The van der Waals surface area contributed by atoms with Gasteiger partial charge in [-0.25, -0.2) is 4.39 Å². The Morgan fingerprint density at radius 2 is 1.79 bits per heavy atom. The molecule has 1 heterocycles. The molecule has 1 aliphatic heterocycles. The first-order valence-corrected chi connectivity index (χ1v) is 9.46. The van der Waals surface area contributed by atoms with E-state index in [4.69, 9.17) is 0 Å². The lowest BCUT2D eigenvalue weighted by atomic mass is 10.1. The summed E-state index contributed by atoms with van der Waals surface area (Å²) in [6.45, 7) is 5.70. The molecule has 1 fully saturated rings. The van der Waals surface area contributed by atoms with Crippen LogP contribution in [-0.4, -0.2) is 30.8 Å². The SMILES string of the molecule is Cc1cc(C)c(NC(=O)CNC(=O)[C@H]2CC(=O)N(c3ccccc3F)C2)c(C)c1. The molecule has 3 amide bonds. The summed E-state index contributed by atoms with van der Waals surface area (Å²) in [6, 6.07) is 9.91. The lowest BCUT2D eigenvalue weighted by Gasteiger charge is -2.17. The van der Waals surface area contributed by atoms with E-state index in [-0.39, 0.29) is 37.0 Å². The summed E-state index contributed by atoms with van der Waals surface area (Å²) < 4.78 is 13.9. The summed E-state index contributed by atoms with van der Waals surface area (Å²) in [5.41, 5.74) is 3.90. The average Bonchev–Trinajstić information content (AvgIpc) is 3.04. The molecule has 0 spiro atoms. The van der Waals surface area contributed by atoms with E-state index in [0.717, 1.165) is 22.4 Å². The summed E-state index contributed by atoms with van der Waals surface area (Å²) in [5.74, 6) is -2.19. The predicted molar refractivity (Wildman–Crippen MR) is 109 cm³/mol. The third-order valence-corrected chi connectivity index (χ3v) is 5.00. The molecule has 6 nitrogen and oxygen atoms in total. The maximum atomic E-state index is 13.9. The Morgan fingerprint density at radius 1 is 1.14 bits per heavy atom. The fourth-order valence-corrected chi connectivity index (χ4v) is 3.66. The zero-order valence-electron chi connectivity index (χ0n) is 16.7. The average molecular weight is 397 g/mol. The van der Waals surface area contributed by atoms with Gasteiger partial charge in [0.15, 0.2) is 0 Å². The zero-order chi connectivity index (χ0) is 21.1. The zero-order valence-corrected chi connectivity index (χ0v) is 16.7. The highest BCUT2D eigenvalue weighted by Crippen LogP contribution is 2.27. The number of nitrogens with one attached hydrogen (secondary N) is 2. The van der Waals surface area contributed by atoms with Gasteiger partial charge in [0.1, 0.15) is 5.82 Å². The van der Waals surface area contributed by atoms with Gasteiger partial charge in [-0.2, -0.15) is 0 Å². The summed E-state index contributed by atoms with van der Waals surface area (Å²) >= 11 is 0. The lowest BCUT2D eigenvalue weighted by Crippen LogP contribution is -2.38. The van der Waals surface area contributed by atoms with Crippen molar-refractivity contribution in [3.05, 3.63) is 58.9 Å². The molecule has 2 aromatic carbocycles. The van der Waals surface area contributed by atoms with Crippen LogP contribution in [0.5, 0.6) is 0 Å². The molecule has 29 heavy (non-hydrogen) atoms. The number of para-hydroxylation sites is 1. The minimum Gasteiger partial charge on any atom is -0.347 e. The maximum Gasteiger partial charge on any atom is 0.243 e. The predicted octanol–water partition coefficient (Wildman–Crippen LogP) is 2.86. The van der Waals surface area contributed by atoms with E-state index in [1.54, 1.807) is 12.1 Å². The molecule has 0 saturated carbocycles. The number of halogens is 1. The van der Waals surface area contributed by atoms with E-state index in [1.807, 2.05) is 32.9 Å². The van der Waals surface area contributed by atoms with Crippen LogP contribution in [0.2, 0.25) is 0 Å². The molecular weight excluding hydrogens is 373 g/mol. The Bertz CT molecular complexity index is 951. The number of carbonyl (C=O) groups is 3. The van der Waals surface area contributed by atoms with Crippen LogP contribution in [0, 0.1) is 32.5 Å². The van der Waals surface area contributed by atoms with Crippen molar-refractivity contribution in [3.63, 3.8) is 0 Å². The van der Waals surface area contributed by atoms with Crippen LogP contribution >= 0.6 is 0 Å². The number of anilines is 2. The van der Waals surface area contributed by atoms with Crippen molar-refractivity contribution < 1.29 is 18.8 Å². The number of hydrogen-bond donors (Lipinski definition) is 2. The largest absolute Gasteiger partial charge is 0.347 e. The van der Waals surface area contributed by atoms with Gasteiger partial charge in [0.05, 0.1) is 18.2 Å². The fraction of sp³-hybridized carbons (Fsp3) is 0.318. The molecule has 0 unspecified atom stereocenters. The summed E-state index contributed by atoms with van der Waals surface area (Å²) in [6.07, 6.45) is -0.0159. The minimum atomic E-state index is -0.627.